The van der Waals surface area contributed by atoms with Crippen molar-refractivity contribution in [3.05, 3.63) is 66.0 Å². The van der Waals surface area contributed by atoms with E-state index in [9.17, 15) is 9.59 Å². The molecule has 1 amide bonds. The highest BCUT2D eigenvalue weighted by molar-refractivity contribution is 6.08. The molecule has 0 fully saturated rings. The van der Waals surface area contributed by atoms with Crippen LogP contribution < -0.4 is 10.3 Å². The van der Waals surface area contributed by atoms with Crippen LogP contribution in [0.2, 0.25) is 0 Å². The van der Waals surface area contributed by atoms with E-state index in [0.29, 0.717) is 11.1 Å². The minimum atomic E-state index is -0.440. The van der Waals surface area contributed by atoms with Crippen LogP contribution in [-0.4, -0.2) is 11.7 Å². The Bertz CT molecular complexity index is 579. The number of hydrogen-bond acceptors (Lipinski definition) is 2. The third kappa shape index (κ3) is 2.79. The summed E-state index contributed by atoms with van der Waals surface area (Å²) in [6, 6.07) is 12.4. The van der Waals surface area contributed by atoms with Crippen molar-refractivity contribution >= 4 is 11.7 Å². The minimum Gasteiger partial charge on any atom is -0.364 e. The monoisotopic (exact) mass is 241 g/mol. The number of ketones is 1. The van der Waals surface area contributed by atoms with Crippen LogP contribution in [0.4, 0.5) is 0 Å². The van der Waals surface area contributed by atoms with Crippen molar-refractivity contribution in [1.29, 1.82) is 0 Å². The highest BCUT2D eigenvalue weighted by atomic mass is 16.1. The Balaban J connectivity index is 2.29. The molecule has 0 spiro atoms. The Morgan fingerprint density at radius 3 is 2.33 bits per heavy atom. The molecule has 0 bridgehead atoms. The second-order valence-corrected chi connectivity index (χ2v) is 3.93. The fourth-order valence-corrected chi connectivity index (χ4v) is 1.69. The molecular formula is C14H13N2O2+. The van der Waals surface area contributed by atoms with Crippen molar-refractivity contribution in [2.24, 2.45) is 5.73 Å². The van der Waals surface area contributed by atoms with Gasteiger partial charge in [-0.3, -0.25) is 9.59 Å². The molecule has 0 radical (unpaired) electrons. The number of nitrogens with zero attached hydrogens (tertiary/aromatic N) is 1. The topological polar surface area (TPSA) is 64.0 Å². The smallest absolute Gasteiger partial charge is 0.283 e. The van der Waals surface area contributed by atoms with Crippen LogP contribution in [0.15, 0.2) is 54.9 Å². The van der Waals surface area contributed by atoms with Gasteiger partial charge in [-0.2, -0.15) is 4.57 Å². The van der Waals surface area contributed by atoms with E-state index < -0.39 is 5.91 Å². The first-order valence-corrected chi connectivity index (χ1v) is 5.54. The Hall–Kier alpha value is -2.49. The zero-order valence-electron chi connectivity index (χ0n) is 9.74. The number of primary amides is 1. The van der Waals surface area contributed by atoms with Gasteiger partial charge < -0.3 is 5.73 Å². The molecule has 2 N–H and O–H groups in total. The Kier molecular flexibility index (Phi) is 3.48. The van der Waals surface area contributed by atoms with Gasteiger partial charge in [0, 0.05) is 11.6 Å². The summed E-state index contributed by atoms with van der Waals surface area (Å²) >= 11 is 0. The van der Waals surface area contributed by atoms with Gasteiger partial charge in [-0.1, -0.05) is 30.3 Å². The molecule has 4 heteroatoms. The quantitative estimate of drug-likeness (QED) is 0.632. The number of amides is 1. The number of hydrogen-bond donors (Lipinski definition) is 1. The molecule has 0 saturated carbocycles. The molecule has 0 unspecified atom stereocenters. The first-order valence-electron chi connectivity index (χ1n) is 5.54. The summed E-state index contributed by atoms with van der Waals surface area (Å²) in [5.74, 6) is -0.515. The van der Waals surface area contributed by atoms with Crippen molar-refractivity contribution in [2.45, 2.75) is 6.54 Å². The summed E-state index contributed by atoms with van der Waals surface area (Å²) in [5.41, 5.74) is 6.27. The number of nitrogens with two attached hydrogens (primary N) is 1. The van der Waals surface area contributed by atoms with E-state index in [2.05, 4.69) is 0 Å². The van der Waals surface area contributed by atoms with E-state index in [-0.39, 0.29) is 12.3 Å². The highest BCUT2D eigenvalue weighted by Crippen LogP contribution is 2.07. The molecule has 0 saturated heterocycles. The first-order chi connectivity index (χ1) is 8.66. The van der Waals surface area contributed by atoms with Gasteiger partial charge in [0.2, 0.25) is 6.54 Å². The van der Waals surface area contributed by atoms with Gasteiger partial charge in [0.15, 0.2) is 18.2 Å². The molecule has 2 aromatic rings. The molecule has 0 aliphatic heterocycles. The van der Waals surface area contributed by atoms with E-state index in [1.165, 1.54) is 0 Å². The fourth-order valence-electron chi connectivity index (χ4n) is 1.69. The van der Waals surface area contributed by atoms with Crippen LogP contribution in [0.3, 0.4) is 0 Å². The van der Waals surface area contributed by atoms with Crippen molar-refractivity contribution in [3.63, 3.8) is 0 Å². The van der Waals surface area contributed by atoms with Crippen LogP contribution in [0.25, 0.3) is 0 Å². The number of pyridine rings is 1. The summed E-state index contributed by atoms with van der Waals surface area (Å²) in [6.45, 7) is 0.0654. The molecule has 0 aliphatic rings. The molecular weight excluding hydrogens is 228 g/mol. The second kappa shape index (κ2) is 5.23. The van der Waals surface area contributed by atoms with Crippen molar-refractivity contribution < 1.29 is 14.2 Å². The number of carbonyl (C=O) groups excluding carboxylic acids is 2. The van der Waals surface area contributed by atoms with Gasteiger partial charge in [0.05, 0.1) is 5.56 Å². The maximum absolute atomic E-state index is 12.2. The summed E-state index contributed by atoms with van der Waals surface area (Å²) in [4.78, 5) is 23.0. The highest BCUT2D eigenvalue weighted by Gasteiger charge is 2.13. The lowest BCUT2D eigenvalue weighted by Gasteiger charge is -2.00. The largest absolute Gasteiger partial charge is 0.364 e. The summed E-state index contributed by atoms with van der Waals surface area (Å²) in [7, 11) is 0. The molecule has 1 aromatic heterocycles. The van der Waals surface area contributed by atoms with E-state index in [4.69, 9.17) is 5.73 Å². The molecule has 1 heterocycles. The van der Waals surface area contributed by atoms with Gasteiger partial charge in [-0.05, 0) is 6.07 Å². The van der Waals surface area contributed by atoms with E-state index in [1.54, 1.807) is 41.2 Å². The number of aromatic nitrogens is 1. The van der Waals surface area contributed by atoms with E-state index in [0.717, 1.165) is 0 Å². The summed E-state index contributed by atoms with van der Waals surface area (Å²) in [5, 5.41) is 0. The number of benzene rings is 1. The predicted octanol–water partition coefficient (Wildman–Crippen LogP) is 0.690. The van der Waals surface area contributed by atoms with Gasteiger partial charge in [-0.25, -0.2) is 0 Å². The Morgan fingerprint density at radius 1 is 1.00 bits per heavy atom. The second-order valence-electron chi connectivity index (χ2n) is 3.93. The van der Waals surface area contributed by atoms with Gasteiger partial charge >= 0.3 is 0 Å². The maximum Gasteiger partial charge on any atom is 0.283 e. The zero-order valence-corrected chi connectivity index (χ0v) is 9.74. The van der Waals surface area contributed by atoms with Crippen LogP contribution in [0, 0.1) is 0 Å². The van der Waals surface area contributed by atoms with Gasteiger partial charge in [0.25, 0.3) is 5.91 Å². The number of carbonyl (C=O) groups is 2. The van der Waals surface area contributed by atoms with Crippen LogP contribution in [-0.2, 0) is 11.3 Å². The molecule has 0 aliphatic carbocycles. The molecule has 2 rings (SSSR count). The lowest BCUT2D eigenvalue weighted by molar-refractivity contribution is -0.684. The Morgan fingerprint density at radius 2 is 1.67 bits per heavy atom. The van der Waals surface area contributed by atoms with E-state index in [1.807, 2.05) is 18.2 Å². The average molecular weight is 241 g/mol. The van der Waals surface area contributed by atoms with Gasteiger partial charge in [-0.15, -0.1) is 0 Å². The van der Waals surface area contributed by atoms with Gasteiger partial charge in [0.1, 0.15) is 0 Å². The maximum atomic E-state index is 12.2. The fraction of sp³-hybridized carbons (Fsp3) is 0.0714. The molecule has 18 heavy (non-hydrogen) atoms. The van der Waals surface area contributed by atoms with Crippen LogP contribution >= 0.6 is 0 Å². The summed E-state index contributed by atoms with van der Waals surface area (Å²) in [6.07, 6.45) is 3.33. The average Bonchev–Trinajstić information content (AvgIpc) is 2.38. The molecule has 1 aromatic carbocycles. The van der Waals surface area contributed by atoms with E-state index >= 15 is 0 Å². The zero-order chi connectivity index (χ0) is 13.0. The third-order valence-corrected chi connectivity index (χ3v) is 2.49. The Labute approximate surface area is 105 Å². The molecule has 90 valence electrons. The van der Waals surface area contributed by atoms with Crippen LogP contribution in [0.5, 0.6) is 0 Å². The van der Waals surface area contributed by atoms with Crippen molar-refractivity contribution in [1.82, 2.24) is 0 Å². The predicted molar refractivity (Wildman–Crippen MR) is 65.7 cm³/mol. The standard InChI is InChI=1S/C14H12N2O2/c15-13(17)10-16-8-4-7-12(9-16)14(18)11-5-2-1-3-6-11/h1-9H,10H2,(H-,15,17)/p+1. The number of rotatable bonds is 4. The lowest BCUT2D eigenvalue weighted by atomic mass is 10.1. The van der Waals surface area contributed by atoms with Crippen LogP contribution in [0.1, 0.15) is 15.9 Å². The molecule has 4 nitrogen and oxygen atoms in total. The lowest BCUT2D eigenvalue weighted by Crippen LogP contribution is -2.40. The summed E-state index contributed by atoms with van der Waals surface area (Å²) < 4.78 is 1.60. The van der Waals surface area contributed by atoms with Crippen molar-refractivity contribution in [2.75, 3.05) is 0 Å². The minimum absolute atomic E-state index is 0.0654. The normalized spacial score (nSPS) is 10.0. The van der Waals surface area contributed by atoms with Crippen molar-refractivity contribution in [3.8, 4) is 0 Å². The molecule has 0 atom stereocenters. The third-order valence-electron chi connectivity index (χ3n) is 2.49. The first kappa shape index (κ1) is 12.0. The SMILES string of the molecule is NC(=O)C[n+]1cccc(C(=O)c2ccccc2)c1.